The first-order valence-electron chi connectivity index (χ1n) is 5.54. The third kappa shape index (κ3) is 3.68. The molecule has 2 rings (SSSR count). The summed E-state index contributed by atoms with van der Waals surface area (Å²) in [4.78, 5) is 11.9. The fraction of sp³-hybridized carbons (Fsp3) is 0.0714. The van der Waals surface area contributed by atoms with Gasteiger partial charge in [-0.3, -0.25) is 4.79 Å². The van der Waals surface area contributed by atoms with E-state index in [0.717, 1.165) is 4.47 Å². The van der Waals surface area contributed by atoms with E-state index in [9.17, 15) is 9.18 Å². The van der Waals surface area contributed by atoms with Crippen molar-refractivity contribution in [2.75, 3.05) is 6.61 Å². The van der Waals surface area contributed by atoms with E-state index in [-0.39, 0.29) is 12.2 Å². The Morgan fingerprint density at radius 2 is 1.70 bits per heavy atom. The maximum absolute atomic E-state index is 13.5. The Morgan fingerprint density at radius 3 is 2.30 bits per heavy atom. The molecule has 0 unspecified atom stereocenters. The predicted molar refractivity (Wildman–Crippen MR) is 85.8 cm³/mol. The van der Waals surface area contributed by atoms with Crippen LogP contribution < -0.4 is 4.74 Å². The van der Waals surface area contributed by atoms with Crippen LogP contribution in [0.25, 0.3) is 0 Å². The van der Waals surface area contributed by atoms with E-state index in [1.54, 1.807) is 18.2 Å². The summed E-state index contributed by atoms with van der Waals surface area (Å²) in [6.07, 6.45) is 0. The van der Waals surface area contributed by atoms with Crippen LogP contribution in [0.3, 0.4) is 0 Å². The molecule has 0 spiro atoms. The Bertz CT molecular complexity index is 636. The maximum Gasteiger partial charge on any atom is 0.203 e. The summed E-state index contributed by atoms with van der Waals surface area (Å²) in [5.41, 5.74) is 0.0249. The van der Waals surface area contributed by atoms with Gasteiger partial charge in [0.25, 0.3) is 0 Å². The van der Waals surface area contributed by atoms with Crippen LogP contribution in [0.15, 0.2) is 49.8 Å². The number of Topliss-reactive ketones (excluding diaryl/α,β-unsaturated/α-hetero) is 1. The van der Waals surface area contributed by atoms with E-state index in [1.165, 1.54) is 18.2 Å². The average molecular weight is 467 g/mol. The second-order valence-electron chi connectivity index (χ2n) is 3.89. The largest absolute Gasteiger partial charge is 0.483 e. The molecular weight excluding hydrogens is 459 g/mol. The molecule has 0 atom stereocenters. The highest BCUT2D eigenvalue weighted by atomic mass is 79.9. The number of rotatable bonds is 4. The van der Waals surface area contributed by atoms with Gasteiger partial charge in [-0.2, -0.15) is 0 Å². The number of benzene rings is 2. The SMILES string of the molecule is O=C(COc1c(Br)cc(Br)cc1Br)c1ccccc1F. The molecule has 0 bridgehead atoms. The molecule has 0 aromatic heterocycles. The van der Waals surface area contributed by atoms with Crippen molar-refractivity contribution in [2.45, 2.75) is 0 Å². The minimum atomic E-state index is -0.546. The quantitative estimate of drug-likeness (QED) is 0.566. The lowest BCUT2D eigenvalue weighted by Crippen LogP contribution is -2.13. The van der Waals surface area contributed by atoms with Gasteiger partial charge < -0.3 is 4.74 Å². The van der Waals surface area contributed by atoms with Crippen LogP contribution in [-0.4, -0.2) is 12.4 Å². The lowest BCUT2D eigenvalue weighted by atomic mass is 10.1. The number of hydrogen-bond donors (Lipinski definition) is 0. The summed E-state index contributed by atoms with van der Waals surface area (Å²) >= 11 is 10.0. The highest BCUT2D eigenvalue weighted by Crippen LogP contribution is 2.36. The number of halogens is 4. The molecule has 2 aromatic carbocycles. The van der Waals surface area contributed by atoms with Crippen molar-refractivity contribution in [1.82, 2.24) is 0 Å². The first kappa shape index (κ1) is 15.7. The molecule has 0 saturated heterocycles. The number of carbonyl (C=O) groups is 1. The zero-order chi connectivity index (χ0) is 14.7. The van der Waals surface area contributed by atoms with E-state index < -0.39 is 11.6 Å². The molecule has 0 fully saturated rings. The van der Waals surface area contributed by atoms with Gasteiger partial charge in [0.05, 0.1) is 14.5 Å². The number of hydrogen-bond acceptors (Lipinski definition) is 2. The molecule has 0 aliphatic heterocycles. The lowest BCUT2D eigenvalue weighted by Gasteiger charge is -2.10. The summed E-state index contributed by atoms with van der Waals surface area (Å²) < 4.78 is 21.2. The minimum Gasteiger partial charge on any atom is -0.483 e. The van der Waals surface area contributed by atoms with Gasteiger partial charge >= 0.3 is 0 Å². The molecule has 2 nitrogen and oxygen atoms in total. The second kappa shape index (κ2) is 6.83. The van der Waals surface area contributed by atoms with Crippen molar-refractivity contribution < 1.29 is 13.9 Å². The van der Waals surface area contributed by atoms with Crippen molar-refractivity contribution in [1.29, 1.82) is 0 Å². The summed E-state index contributed by atoms with van der Waals surface area (Å²) in [5, 5.41) is 0. The molecule has 104 valence electrons. The third-order valence-electron chi connectivity index (χ3n) is 2.48. The van der Waals surface area contributed by atoms with Crippen LogP contribution in [0.1, 0.15) is 10.4 Å². The topological polar surface area (TPSA) is 26.3 Å². The van der Waals surface area contributed by atoms with Crippen LogP contribution in [-0.2, 0) is 0 Å². The van der Waals surface area contributed by atoms with Gasteiger partial charge in [-0.25, -0.2) is 4.39 Å². The molecule has 0 heterocycles. The summed E-state index contributed by atoms with van der Waals surface area (Å²) in [6.45, 7) is -0.236. The Hall–Kier alpha value is -0.720. The van der Waals surface area contributed by atoms with Gasteiger partial charge in [-0.05, 0) is 56.1 Å². The number of carbonyl (C=O) groups excluding carboxylic acids is 1. The molecule has 6 heteroatoms. The summed E-state index contributed by atoms with van der Waals surface area (Å²) in [5.74, 6) is -0.460. The normalized spacial score (nSPS) is 10.4. The van der Waals surface area contributed by atoms with Crippen LogP contribution in [0.5, 0.6) is 5.75 Å². The standard InChI is InChI=1S/C14H8Br3FO2/c15-8-5-10(16)14(11(17)6-8)20-7-13(19)9-3-1-2-4-12(9)18/h1-6H,7H2. The monoisotopic (exact) mass is 464 g/mol. The molecule has 0 radical (unpaired) electrons. The lowest BCUT2D eigenvalue weighted by molar-refractivity contribution is 0.0916. The molecular formula is C14H8Br3FO2. The van der Waals surface area contributed by atoms with Crippen molar-refractivity contribution in [2.24, 2.45) is 0 Å². The van der Waals surface area contributed by atoms with Gasteiger partial charge in [0.1, 0.15) is 11.6 Å². The zero-order valence-corrected chi connectivity index (χ0v) is 14.8. The van der Waals surface area contributed by atoms with Gasteiger partial charge in [0, 0.05) is 4.47 Å². The van der Waals surface area contributed by atoms with Gasteiger partial charge in [-0.15, -0.1) is 0 Å². The Morgan fingerprint density at radius 1 is 1.10 bits per heavy atom. The molecule has 20 heavy (non-hydrogen) atoms. The van der Waals surface area contributed by atoms with Crippen LogP contribution in [0.4, 0.5) is 4.39 Å². The van der Waals surface area contributed by atoms with Gasteiger partial charge in [0.2, 0.25) is 5.78 Å². The average Bonchev–Trinajstić information content (AvgIpc) is 2.37. The van der Waals surface area contributed by atoms with E-state index in [2.05, 4.69) is 47.8 Å². The number of ketones is 1. The maximum atomic E-state index is 13.5. The third-order valence-corrected chi connectivity index (χ3v) is 4.12. The summed E-state index contributed by atoms with van der Waals surface area (Å²) in [6, 6.07) is 9.43. The van der Waals surface area contributed by atoms with Crippen LogP contribution in [0.2, 0.25) is 0 Å². The molecule has 0 aliphatic carbocycles. The first-order valence-corrected chi connectivity index (χ1v) is 7.92. The van der Waals surface area contributed by atoms with E-state index in [1.807, 2.05) is 0 Å². The first-order chi connectivity index (χ1) is 9.49. The Kier molecular flexibility index (Phi) is 5.35. The van der Waals surface area contributed by atoms with E-state index >= 15 is 0 Å². The number of ether oxygens (including phenoxy) is 1. The molecule has 0 amide bonds. The summed E-state index contributed by atoms with van der Waals surface area (Å²) in [7, 11) is 0. The highest BCUT2D eigenvalue weighted by molar-refractivity contribution is 9.11. The fourth-order valence-electron chi connectivity index (χ4n) is 1.57. The second-order valence-corrected chi connectivity index (χ2v) is 6.51. The molecule has 0 saturated carbocycles. The molecule has 0 aliphatic rings. The van der Waals surface area contributed by atoms with Crippen LogP contribution >= 0.6 is 47.8 Å². The fourth-order valence-corrected chi connectivity index (χ4v) is 4.06. The predicted octanol–water partition coefficient (Wildman–Crippen LogP) is 5.37. The van der Waals surface area contributed by atoms with Crippen molar-refractivity contribution in [3.63, 3.8) is 0 Å². The minimum absolute atomic E-state index is 0.0249. The Balaban J connectivity index is 2.14. The smallest absolute Gasteiger partial charge is 0.203 e. The van der Waals surface area contributed by atoms with Crippen LogP contribution in [0, 0.1) is 5.82 Å². The van der Waals surface area contributed by atoms with E-state index in [0.29, 0.717) is 14.7 Å². The van der Waals surface area contributed by atoms with Crippen molar-refractivity contribution >= 4 is 53.6 Å². The Labute approximate surface area is 140 Å². The van der Waals surface area contributed by atoms with Gasteiger partial charge in [0.15, 0.2) is 6.61 Å². The van der Waals surface area contributed by atoms with Crippen molar-refractivity contribution in [3.05, 3.63) is 61.2 Å². The van der Waals surface area contributed by atoms with Crippen molar-refractivity contribution in [3.8, 4) is 5.75 Å². The zero-order valence-electron chi connectivity index (χ0n) is 10.00. The van der Waals surface area contributed by atoms with Gasteiger partial charge in [-0.1, -0.05) is 28.1 Å². The molecule has 2 aromatic rings. The van der Waals surface area contributed by atoms with E-state index in [4.69, 9.17) is 4.74 Å². The highest BCUT2D eigenvalue weighted by Gasteiger charge is 2.14. The molecule has 0 N–H and O–H groups in total.